The fraction of sp³-hybridized carbons (Fsp3) is 0.423. The van der Waals surface area contributed by atoms with Crippen LogP contribution in [0.3, 0.4) is 0 Å². The van der Waals surface area contributed by atoms with Crippen LogP contribution in [-0.2, 0) is 10.3 Å². The number of alkyl halides is 1. The molecule has 3 aromatic heterocycles. The minimum Gasteiger partial charge on any atom is -0.488 e. The van der Waals surface area contributed by atoms with E-state index < -0.39 is 17.6 Å². The van der Waals surface area contributed by atoms with Gasteiger partial charge in [0.05, 0.1) is 53.0 Å². The second-order valence-corrected chi connectivity index (χ2v) is 10.5. The molecule has 10 nitrogen and oxygen atoms in total. The Balaban J connectivity index is 1.30. The number of halogens is 3. The summed E-state index contributed by atoms with van der Waals surface area (Å²) in [6.07, 6.45) is 3.64. The third kappa shape index (κ3) is 4.82. The largest absolute Gasteiger partial charge is 0.488 e. The zero-order valence-corrected chi connectivity index (χ0v) is 22.1. The van der Waals surface area contributed by atoms with E-state index in [-0.39, 0.29) is 18.3 Å². The molecule has 1 N–H and O–H groups in total. The van der Waals surface area contributed by atoms with Gasteiger partial charge in [-0.05, 0) is 25.1 Å². The molecule has 2 saturated heterocycles. The van der Waals surface area contributed by atoms with Gasteiger partial charge in [-0.15, -0.1) is 4.68 Å². The molecule has 0 spiro atoms. The monoisotopic (exact) mass is 558 g/mol. The minimum atomic E-state index is -1.51. The van der Waals surface area contributed by atoms with Crippen LogP contribution in [0.1, 0.15) is 31.5 Å². The van der Waals surface area contributed by atoms with Crippen molar-refractivity contribution in [2.75, 3.05) is 32.9 Å². The summed E-state index contributed by atoms with van der Waals surface area (Å²) in [5, 5.41) is 24.3. The summed E-state index contributed by atoms with van der Waals surface area (Å²) in [7, 11) is 0. The summed E-state index contributed by atoms with van der Waals surface area (Å²) in [6.45, 7) is 5.50. The van der Waals surface area contributed by atoms with Crippen LogP contribution in [0.15, 0.2) is 52.8 Å². The lowest BCUT2D eigenvalue weighted by molar-refractivity contribution is -0.487. The number of nitrogens with zero attached hydrogens (tertiary/aromatic N) is 7. The summed E-state index contributed by atoms with van der Waals surface area (Å²) in [5.74, 6) is -0.159. The van der Waals surface area contributed by atoms with Crippen molar-refractivity contribution in [1.82, 2.24) is 19.5 Å². The first-order valence-electron chi connectivity index (χ1n) is 12.6. The second-order valence-electron chi connectivity index (χ2n) is 10.1. The second kappa shape index (κ2) is 10.0. The van der Waals surface area contributed by atoms with Gasteiger partial charge in [0.25, 0.3) is 5.70 Å². The van der Waals surface area contributed by atoms with Crippen molar-refractivity contribution in [3.05, 3.63) is 64.6 Å². The van der Waals surface area contributed by atoms with E-state index in [2.05, 4.69) is 25.3 Å². The molecule has 0 bridgehead atoms. The molecule has 204 valence electrons. The number of rotatable bonds is 6. The summed E-state index contributed by atoms with van der Waals surface area (Å²) in [5.41, 5.74) is 1.65. The number of ether oxygens (including phenoxy) is 2. The number of hydrogen-bond acceptors (Lipinski definition) is 8. The first-order chi connectivity index (χ1) is 18.7. The van der Waals surface area contributed by atoms with E-state index in [9.17, 15) is 9.50 Å². The highest BCUT2D eigenvalue weighted by Gasteiger charge is 2.39. The molecule has 0 saturated carbocycles. The van der Waals surface area contributed by atoms with Gasteiger partial charge in [0, 0.05) is 32.6 Å². The zero-order chi connectivity index (χ0) is 27.3. The predicted octanol–water partition coefficient (Wildman–Crippen LogP) is 3.77. The van der Waals surface area contributed by atoms with Gasteiger partial charge in [-0.3, -0.25) is 9.88 Å². The Kier molecular flexibility index (Phi) is 6.66. The number of piperidine rings is 1. The Bertz CT molecular complexity index is 1520. The summed E-state index contributed by atoms with van der Waals surface area (Å²) in [6, 6.07) is 4.64. The predicted molar refractivity (Wildman–Crippen MR) is 138 cm³/mol. The number of hydrogen-bond donors (Lipinski definition) is 1. The molecule has 0 amide bonds. The number of likely N-dealkylation sites (tertiary alicyclic amines) is 1. The molecule has 6 rings (SSSR count). The van der Waals surface area contributed by atoms with Gasteiger partial charge in [-0.1, -0.05) is 11.6 Å². The molecule has 3 aliphatic rings. The van der Waals surface area contributed by atoms with E-state index in [1.54, 1.807) is 21.5 Å². The summed E-state index contributed by atoms with van der Waals surface area (Å²) in [4.78, 5) is 6.10. The fourth-order valence-corrected chi connectivity index (χ4v) is 5.19. The molecule has 39 heavy (non-hydrogen) atoms. The van der Waals surface area contributed by atoms with Crippen LogP contribution in [0.2, 0.25) is 5.02 Å². The lowest BCUT2D eigenvalue weighted by Gasteiger charge is -2.40. The fourth-order valence-electron chi connectivity index (χ4n) is 4.96. The number of aromatic nitrogens is 3. The average Bonchev–Trinajstić information content (AvgIpc) is 3.44. The van der Waals surface area contributed by atoms with E-state index in [0.717, 1.165) is 12.7 Å². The third-order valence-electron chi connectivity index (χ3n) is 7.31. The molecule has 2 fully saturated rings. The van der Waals surface area contributed by atoms with E-state index >= 15 is 4.39 Å². The van der Waals surface area contributed by atoms with E-state index in [4.69, 9.17) is 21.1 Å². The molecule has 0 aliphatic carbocycles. The van der Waals surface area contributed by atoms with Crippen LogP contribution >= 0.6 is 11.6 Å². The van der Waals surface area contributed by atoms with Crippen LogP contribution in [0, 0.1) is 5.82 Å². The number of allylic oxidation sites excluding steroid dienone is 1. The van der Waals surface area contributed by atoms with Crippen molar-refractivity contribution < 1.29 is 28.0 Å². The number of fused-ring (bicyclic) bond motifs is 1. The molecular formula is C26H27ClF2N7O3+. The highest BCUT2D eigenvalue weighted by atomic mass is 35.5. The SMILES string of the molecule is CC1=C(c2cc(OCC(C)(O)c3ccc(F)cn3)c3c(Cl)cnn3c2)N=N/[N+]1=C1\CCN(C2COC2)C[C@@H]1F. The summed E-state index contributed by atoms with van der Waals surface area (Å²) >= 11 is 6.39. The number of pyridine rings is 2. The van der Waals surface area contributed by atoms with Gasteiger partial charge < -0.3 is 14.6 Å². The summed E-state index contributed by atoms with van der Waals surface area (Å²) < 4.78 is 43.0. The van der Waals surface area contributed by atoms with Crippen molar-refractivity contribution in [1.29, 1.82) is 0 Å². The van der Waals surface area contributed by atoms with E-state index in [0.29, 0.717) is 65.1 Å². The molecule has 0 aromatic carbocycles. The molecular weight excluding hydrogens is 532 g/mol. The first kappa shape index (κ1) is 25.9. The molecule has 6 heterocycles. The van der Waals surface area contributed by atoms with Gasteiger partial charge in [0.15, 0.2) is 11.9 Å². The van der Waals surface area contributed by atoms with Gasteiger partial charge in [-0.25, -0.2) is 13.3 Å². The van der Waals surface area contributed by atoms with E-state index in [1.165, 1.54) is 25.3 Å². The van der Waals surface area contributed by atoms with Gasteiger partial charge in [0.1, 0.15) is 40.2 Å². The van der Waals surface area contributed by atoms with Crippen LogP contribution in [-0.4, -0.2) is 80.1 Å². The minimum absolute atomic E-state index is 0.193. The van der Waals surface area contributed by atoms with E-state index in [1.807, 2.05) is 6.92 Å². The average molecular weight is 559 g/mol. The molecule has 1 unspecified atom stereocenters. The Hall–Kier alpha value is -3.32. The molecule has 2 atom stereocenters. The van der Waals surface area contributed by atoms with Crippen molar-refractivity contribution in [2.45, 2.75) is 38.1 Å². The molecule has 3 aliphatic heterocycles. The van der Waals surface area contributed by atoms with Crippen LogP contribution in [0.25, 0.3) is 11.2 Å². The lowest BCUT2D eigenvalue weighted by atomic mass is 10.0. The number of aliphatic hydroxyl groups is 1. The Morgan fingerprint density at radius 1 is 1.31 bits per heavy atom. The van der Waals surface area contributed by atoms with Crippen molar-refractivity contribution >= 4 is 28.5 Å². The maximum Gasteiger partial charge on any atom is 0.256 e. The molecule has 3 aromatic rings. The first-order valence-corrected chi connectivity index (χ1v) is 13.0. The quantitative estimate of drug-likeness (QED) is 0.462. The normalized spacial score (nSPS) is 23.9. The van der Waals surface area contributed by atoms with Gasteiger partial charge >= 0.3 is 0 Å². The Morgan fingerprint density at radius 3 is 2.82 bits per heavy atom. The Morgan fingerprint density at radius 2 is 2.13 bits per heavy atom. The highest BCUT2D eigenvalue weighted by Crippen LogP contribution is 2.35. The maximum absolute atomic E-state index is 15.2. The topological polar surface area (TPSA) is 99.9 Å². The van der Waals surface area contributed by atoms with Gasteiger partial charge in [-0.2, -0.15) is 5.10 Å². The smallest absolute Gasteiger partial charge is 0.256 e. The third-order valence-corrected chi connectivity index (χ3v) is 7.59. The van der Waals surface area contributed by atoms with Crippen LogP contribution in [0.5, 0.6) is 5.75 Å². The highest BCUT2D eigenvalue weighted by molar-refractivity contribution is 6.34. The van der Waals surface area contributed by atoms with Crippen molar-refractivity contribution in [3.8, 4) is 5.75 Å². The van der Waals surface area contributed by atoms with Crippen LogP contribution < -0.4 is 4.74 Å². The standard InChI is InChI=1S/C26H27ClF2N7O3/c1-15-24(32-33-36(15)21-5-6-34(11-20(21)29)18-12-38-13-18)16-7-22(25-19(27)9-31-35(25)10-16)39-14-26(2,37)23-4-3-17(28)8-30-23/h3-4,7-10,18,20,37H,5-6,11-14H2,1-2H3/q+1/b36-21+/t20-,26?/m0/s1. The zero-order valence-electron chi connectivity index (χ0n) is 21.4. The molecule has 0 radical (unpaired) electrons. The molecule has 13 heteroatoms. The van der Waals surface area contributed by atoms with Gasteiger partial charge in [0.2, 0.25) is 0 Å². The van der Waals surface area contributed by atoms with Crippen LogP contribution in [0.4, 0.5) is 8.78 Å². The van der Waals surface area contributed by atoms with Crippen molar-refractivity contribution in [3.63, 3.8) is 0 Å². The van der Waals surface area contributed by atoms with Crippen molar-refractivity contribution in [2.24, 2.45) is 10.3 Å². The Labute approximate surface area is 227 Å². The maximum atomic E-state index is 15.2. The lowest BCUT2D eigenvalue weighted by Crippen LogP contribution is -2.55.